The zero-order valence-electron chi connectivity index (χ0n) is 18.9. The van der Waals surface area contributed by atoms with Crippen molar-refractivity contribution in [2.24, 2.45) is 0 Å². The van der Waals surface area contributed by atoms with Crippen molar-refractivity contribution >= 4 is 5.97 Å². The van der Waals surface area contributed by atoms with Gasteiger partial charge in [0.2, 0.25) is 6.10 Å². The van der Waals surface area contributed by atoms with Crippen LogP contribution in [0, 0.1) is 0 Å². The van der Waals surface area contributed by atoms with Crippen LogP contribution in [0.4, 0.5) is 119 Å². The Labute approximate surface area is 223 Å². The van der Waals surface area contributed by atoms with Crippen LogP contribution in [0.15, 0.2) is 0 Å². The number of ether oxygens (including phenoxy) is 3. The first-order valence-electron chi connectivity index (χ1n) is 9.14. The van der Waals surface area contributed by atoms with Crippen molar-refractivity contribution in [1.82, 2.24) is 0 Å². The smallest absolute Gasteiger partial charge is 0.444 e. The number of esters is 1. The fourth-order valence-electron chi connectivity index (χ4n) is 2.00. The van der Waals surface area contributed by atoms with Crippen LogP contribution >= 0.6 is 0 Å². The lowest BCUT2D eigenvalue weighted by molar-refractivity contribution is -0.549. The van der Waals surface area contributed by atoms with Gasteiger partial charge in [0.05, 0.1) is 0 Å². The maximum atomic E-state index is 14.2. The minimum Gasteiger partial charge on any atom is -0.444 e. The standard InChI is InChI=1S/C14HF27O4/c15-3(16,8(23,24)25)1(4(17,18)9(26,27)28)43-2(42)5(19,10(29,30)31)44-14(40,41)7(22,12(35,36)37)45-13(38,39)6(20,21)11(32,33)34/h1H. The molecule has 4 nitrogen and oxygen atoms in total. The number of carbonyl (C=O) groups excluding carboxylic acids is 1. The number of hydrogen-bond donors (Lipinski definition) is 0. The summed E-state index contributed by atoms with van der Waals surface area (Å²) >= 11 is 0. The number of rotatable bonds is 10. The predicted molar refractivity (Wildman–Crippen MR) is 74.7 cm³/mol. The number of alkyl halides is 27. The van der Waals surface area contributed by atoms with E-state index in [2.05, 4.69) is 0 Å². The van der Waals surface area contributed by atoms with Crippen LogP contribution in [0.2, 0.25) is 0 Å². The Morgan fingerprint density at radius 3 is 0.978 bits per heavy atom. The summed E-state index contributed by atoms with van der Waals surface area (Å²) in [5.74, 6) is -47.1. The van der Waals surface area contributed by atoms with Gasteiger partial charge in [-0.1, -0.05) is 0 Å². The monoisotopic (exact) mass is 746 g/mol. The van der Waals surface area contributed by atoms with Crippen molar-refractivity contribution in [3.8, 4) is 0 Å². The molecule has 270 valence electrons. The van der Waals surface area contributed by atoms with E-state index >= 15 is 0 Å². The van der Waals surface area contributed by atoms with Crippen LogP contribution in [0.1, 0.15) is 0 Å². The van der Waals surface area contributed by atoms with E-state index < -0.39 is 84.6 Å². The molecule has 0 aromatic carbocycles. The molecule has 31 heteroatoms. The van der Waals surface area contributed by atoms with Crippen LogP contribution in [0.3, 0.4) is 0 Å². The SMILES string of the molecule is O=C(OC(C(F)(F)C(F)(F)F)C(F)(F)C(F)(F)F)C(F)(OC(F)(F)C(F)(OC(F)(F)C(F)(F)C(F)(F)F)C(F)(F)F)C(F)(F)F. The van der Waals surface area contributed by atoms with Gasteiger partial charge in [-0.15, -0.1) is 0 Å². The van der Waals surface area contributed by atoms with Crippen molar-refractivity contribution < 1.29 is 138 Å². The largest absolute Gasteiger partial charge is 0.462 e. The maximum absolute atomic E-state index is 14.2. The Morgan fingerprint density at radius 2 is 0.733 bits per heavy atom. The summed E-state index contributed by atoms with van der Waals surface area (Å²) in [6.45, 7) is 0. The first-order valence-corrected chi connectivity index (χ1v) is 9.14. The molecule has 0 saturated heterocycles. The van der Waals surface area contributed by atoms with Crippen LogP contribution in [0.5, 0.6) is 0 Å². The molecular weight excluding hydrogens is 745 g/mol. The quantitative estimate of drug-likeness (QED) is 0.167. The van der Waals surface area contributed by atoms with Crippen molar-refractivity contribution in [2.75, 3.05) is 0 Å². The van der Waals surface area contributed by atoms with Gasteiger partial charge in [-0.25, -0.2) is 4.79 Å². The highest BCUT2D eigenvalue weighted by Gasteiger charge is 2.86. The Balaban J connectivity index is 7.39. The van der Waals surface area contributed by atoms with Crippen molar-refractivity contribution in [1.29, 1.82) is 0 Å². The first kappa shape index (κ1) is 42.5. The number of halogens is 27. The highest BCUT2D eigenvalue weighted by atomic mass is 19.5. The van der Waals surface area contributed by atoms with Gasteiger partial charge in [0.1, 0.15) is 0 Å². The molecule has 0 aliphatic heterocycles. The zero-order valence-corrected chi connectivity index (χ0v) is 18.9. The van der Waals surface area contributed by atoms with Gasteiger partial charge in [-0.3, -0.25) is 9.47 Å². The summed E-state index contributed by atoms with van der Waals surface area (Å²) in [5, 5.41) is 0. The second kappa shape index (κ2) is 11.0. The molecule has 2 unspecified atom stereocenters. The van der Waals surface area contributed by atoms with Gasteiger partial charge in [0.25, 0.3) is 0 Å². The van der Waals surface area contributed by atoms with Crippen molar-refractivity contribution in [3.05, 3.63) is 0 Å². The molecule has 0 N–H and O–H groups in total. The molecule has 0 aliphatic rings. The molecule has 0 aliphatic carbocycles. The lowest BCUT2D eigenvalue weighted by atomic mass is 10.0. The van der Waals surface area contributed by atoms with Crippen LogP contribution in [0.25, 0.3) is 0 Å². The molecule has 0 spiro atoms. The predicted octanol–water partition coefficient (Wildman–Crippen LogP) is 8.17. The van der Waals surface area contributed by atoms with E-state index in [4.69, 9.17) is 0 Å². The average Bonchev–Trinajstić information content (AvgIpc) is 2.71. The highest BCUT2D eigenvalue weighted by molar-refractivity contribution is 5.79. The third-order valence-electron chi connectivity index (χ3n) is 4.26. The fourth-order valence-corrected chi connectivity index (χ4v) is 2.00. The summed E-state index contributed by atoms with van der Waals surface area (Å²) < 4.78 is 352. The minimum absolute atomic E-state index is 0.970. The van der Waals surface area contributed by atoms with E-state index in [0.717, 1.165) is 9.47 Å². The molecule has 0 radical (unpaired) electrons. The molecule has 45 heavy (non-hydrogen) atoms. The Morgan fingerprint density at radius 1 is 0.400 bits per heavy atom. The lowest BCUT2D eigenvalue weighted by Gasteiger charge is -2.40. The second-order valence-electron chi connectivity index (χ2n) is 7.52. The molecule has 0 bridgehead atoms. The van der Waals surface area contributed by atoms with Gasteiger partial charge in [-0.05, 0) is 0 Å². The van der Waals surface area contributed by atoms with Crippen molar-refractivity contribution in [2.45, 2.75) is 78.7 Å². The van der Waals surface area contributed by atoms with Gasteiger partial charge in [-0.2, -0.15) is 119 Å². The van der Waals surface area contributed by atoms with Gasteiger partial charge < -0.3 is 4.74 Å². The van der Waals surface area contributed by atoms with E-state index in [-0.39, 0.29) is 0 Å². The number of hydrogen-bond acceptors (Lipinski definition) is 4. The van der Waals surface area contributed by atoms with Gasteiger partial charge in [0, 0.05) is 0 Å². The molecule has 0 aromatic heterocycles. The highest BCUT2D eigenvalue weighted by Crippen LogP contribution is 2.57. The van der Waals surface area contributed by atoms with Gasteiger partial charge >= 0.3 is 78.5 Å². The molecular formula is C14HF27O4. The van der Waals surface area contributed by atoms with E-state index in [1.54, 1.807) is 4.74 Å². The van der Waals surface area contributed by atoms with E-state index in [9.17, 15) is 123 Å². The van der Waals surface area contributed by atoms with E-state index in [1.165, 1.54) is 0 Å². The summed E-state index contributed by atoms with van der Waals surface area (Å²) in [7, 11) is 0. The molecule has 0 aromatic rings. The third kappa shape index (κ3) is 7.25. The normalized spacial score (nSPS) is 18.5. The van der Waals surface area contributed by atoms with Crippen molar-refractivity contribution in [3.63, 3.8) is 0 Å². The molecule has 0 amide bonds. The summed E-state index contributed by atoms with van der Waals surface area (Å²) in [6, 6.07) is 0. The minimum atomic E-state index is -8.78. The zero-order chi connectivity index (χ0) is 37.3. The topological polar surface area (TPSA) is 44.8 Å². The lowest BCUT2D eigenvalue weighted by Crippen LogP contribution is -2.69. The van der Waals surface area contributed by atoms with E-state index in [0.29, 0.717) is 0 Å². The first-order chi connectivity index (χ1) is 18.9. The molecule has 0 rings (SSSR count). The Hall–Kier alpha value is -2.50. The third-order valence-corrected chi connectivity index (χ3v) is 4.26. The van der Waals surface area contributed by atoms with Crippen LogP contribution in [-0.2, 0) is 19.0 Å². The average molecular weight is 746 g/mol. The number of carbonyl (C=O) groups is 1. The fraction of sp³-hybridized carbons (Fsp3) is 0.929. The van der Waals surface area contributed by atoms with Crippen LogP contribution < -0.4 is 0 Å². The molecule has 0 heterocycles. The maximum Gasteiger partial charge on any atom is 0.462 e. The van der Waals surface area contributed by atoms with E-state index in [1.807, 2.05) is 0 Å². The summed E-state index contributed by atoms with van der Waals surface area (Å²) in [4.78, 5) is 11.3. The molecule has 0 saturated carbocycles. The molecule has 2 atom stereocenters. The molecule has 0 fully saturated rings. The Kier molecular flexibility index (Phi) is 10.4. The Bertz CT molecular complexity index is 1030. The van der Waals surface area contributed by atoms with Gasteiger partial charge in [0.15, 0.2) is 0 Å². The van der Waals surface area contributed by atoms with Crippen LogP contribution in [-0.4, -0.2) is 84.6 Å². The summed E-state index contributed by atoms with van der Waals surface area (Å²) in [5.41, 5.74) is 0. The summed E-state index contributed by atoms with van der Waals surface area (Å²) in [6.07, 6.45) is -64.8. The second-order valence-corrected chi connectivity index (χ2v) is 7.52.